The summed E-state index contributed by atoms with van der Waals surface area (Å²) in [5, 5.41) is 9.31. The Kier molecular flexibility index (Phi) is 2.69. The van der Waals surface area contributed by atoms with Crippen LogP contribution >= 0.6 is 0 Å². The molecular formula is C8H16O2. The van der Waals surface area contributed by atoms with Gasteiger partial charge in [-0.05, 0) is 12.3 Å². The maximum atomic E-state index is 9.31. The average molecular weight is 144 g/mol. The van der Waals surface area contributed by atoms with Crippen LogP contribution in [0.2, 0.25) is 0 Å². The van der Waals surface area contributed by atoms with E-state index in [1.807, 2.05) is 0 Å². The third-order valence-electron chi connectivity index (χ3n) is 1.94. The second-order valence-corrected chi connectivity index (χ2v) is 3.49. The topological polar surface area (TPSA) is 29.5 Å². The summed E-state index contributed by atoms with van der Waals surface area (Å²) in [5.74, 6) is 1.06. The van der Waals surface area contributed by atoms with Crippen molar-refractivity contribution in [3.05, 3.63) is 0 Å². The van der Waals surface area contributed by atoms with Crippen LogP contribution in [-0.2, 0) is 4.74 Å². The molecule has 0 radical (unpaired) electrons. The Morgan fingerprint density at radius 2 is 2.20 bits per heavy atom. The highest BCUT2D eigenvalue weighted by Crippen LogP contribution is 2.21. The number of aliphatic hydroxyl groups is 1. The van der Waals surface area contributed by atoms with Crippen molar-refractivity contribution in [3.8, 4) is 0 Å². The molecule has 1 aliphatic rings. The molecule has 0 amide bonds. The molecule has 0 aromatic rings. The largest absolute Gasteiger partial charge is 0.390 e. The molecule has 60 valence electrons. The summed E-state index contributed by atoms with van der Waals surface area (Å²) in [4.78, 5) is 0. The molecule has 0 bridgehead atoms. The van der Waals surface area contributed by atoms with Crippen molar-refractivity contribution in [2.75, 3.05) is 13.2 Å². The predicted molar refractivity (Wildman–Crippen MR) is 39.8 cm³/mol. The van der Waals surface area contributed by atoms with Crippen LogP contribution < -0.4 is 0 Å². The van der Waals surface area contributed by atoms with E-state index in [1.165, 1.54) is 0 Å². The summed E-state index contributed by atoms with van der Waals surface area (Å²) < 4.78 is 5.12. The van der Waals surface area contributed by atoms with Gasteiger partial charge in [-0.1, -0.05) is 13.8 Å². The summed E-state index contributed by atoms with van der Waals surface area (Å²) in [7, 11) is 0. The van der Waals surface area contributed by atoms with E-state index in [2.05, 4.69) is 13.8 Å². The van der Waals surface area contributed by atoms with Gasteiger partial charge in [0.25, 0.3) is 0 Å². The Bertz CT molecular complexity index is 101. The van der Waals surface area contributed by atoms with E-state index in [0.717, 1.165) is 13.0 Å². The molecule has 1 aliphatic heterocycles. The minimum atomic E-state index is -0.206. The van der Waals surface area contributed by atoms with Crippen molar-refractivity contribution in [1.29, 1.82) is 0 Å². The smallest absolute Gasteiger partial charge is 0.0823 e. The van der Waals surface area contributed by atoms with Crippen molar-refractivity contribution in [2.24, 2.45) is 11.8 Å². The zero-order valence-corrected chi connectivity index (χ0v) is 6.71. The van der Waals surface area contributed by atoms with Crippen LogP contribution in [0.1, 0.15) is 20.3 Å². The fourth-order valence-electron chi connectivity index (χ4n) is 1.42. The van der Waals surface area contributed by atoms with Gasteiger partial charge in [0.2, 0.25) is 0 Å². The maximum Gasteiger partial charge on any atom is 0.0823 e. The second kappa shape index (κ2) is 3.35. The fraction of sp³-hybridized carbons (Fsp3) is 1.00. The standard InChI is InChI=1S/C8H16O2/c1-6(2)3-7-4-10-5-8(7)9/h6-9H,3-5H2,1-2H3/t7-,8-/m1/s1. The lowest BCUT2D eigenvalue weighted by Crippen LogP contribution is -2.19. The van der Waals surface area contributed by atoms with Crippen LogP contribution in [0.3, 0.4) is 0 Å². The Labute approximate surface area is 62.2 Å². The molecule has 2 heteroatoms. The van der Waals surface area contributed by atoms with Crippen molar-refractivity contribution in [1.82, 2.24) is 0 Å². The minimum absolute atomic E-state index is 0.206. The molecule has 1 heterocycles. The van der Waals surface area contributed by atoms with Crippen LogP contribution in [0.4, 0.5) is 0 Å². The highest BCUT2D eigenvalue weighted by molar-refractivity contribution is 4.74. The van der Waals surface area contributed by atoms with E-state index in [1.54, 1.807) is 0 Å². The van der Waals surface area contributed by atoms with E-state index >= 15 is 0 Å². The molecular weight excluding hydrogens is 128 g/mol. The van der Waals surface area contributed by atoms with E-state index < -0.39 is 0 Å². The van der Waals surface area contributed by atoms with E-state index in [4.69, 9.17) is 4.74 Å². The zero-order chi connectivity index (χ0) is 7.56. The summed E-state index contributed by atoms with van der Waals surface area (Å²) in [5.41, 5.74) is 0. The van der Waals surface area contributed by atoms with Crippen LogP contribution in [0.15, 0.2) is 0 Å². The molecule has 2 atom stereocenters. The van der Waals surface area contributed by atoms with Gasteiger partial charge in [0.05, 0.1) is 19.3 Å². The number of aliphatic hydroxyl groups excluding tert-OH is 1. The van der Waals surface area contributed by atoms with E-state index in [9.17, 15) is 5.11 Å². The fourth-order valence-corrected chi connectivity index (χ4v) is 1.42. The van der Waals surface area contributed by atoms with Crippen LogP contribution in [-0.4, -0.2) is 24.4 Å². The molecule has 0 saturated carbocycles. The molecule has 1 rings (SSSR count). The van der Waals surface area contributed by atoms with Gasteiger partial charge in [0, 0.05) is 5.92 Å². The van der Waals surface area contributed by atoms with Crippen molar-refractivity contribution >= 4 is 0 Å². The van der Waals surface area contributed by atoms with Crippen LogP contribution in [0.25, 0.3) is 0 Å². The Balaban J connectivity index is 2.26. The summed E-state index contributed by atoms with van der Waals surface area (Å²) in [6.07, 6.45) is 0.878. The first-order valence-corrected chi connectivity index (χ1v) is 3.96. The van der Waals surface area contributed by atoms with Gasteiger partial charge < -0.3 is 9.84 Å². The van der Waals surface area contributed by atoms with Gasteiger partial charge >= 0.3 is 0 Å². The third kappa shape index (κ3) is 1.96. The monoisotopic (exact) mass is 144 g/mol. The normalized spacial score (nSPS) is 33.6. The molecule has 1 saturated heterocycles. The zero-order valence-electron chi connectivity index (χ0n) is 6.71. The van der Waals surface area contributed by atoms with Gasteiger partial charge in [-0.2, -0.15) is 0 Å². The Hall–Kier alpha value is -0.0800. The van der Waals surface area contributed by atoms with E-state index in [0.29, 0.717) is 18.4 Å². The van der Waals surface area contributed by atoms with Crippen molar-refractivity contribution in [2.45, 2.75) is 26.4 Å². The van der Waals surface area contributed by atoms with Crippen LogP contribution in [0, 0.1) is 11.8 Å². The molecule has 0 spiro atoms. The quantitative estimate of drug-likeness (QED) is 0.627. The predicted octanol–water partition coefficient (Wildman–Crippen LogP) is 1.04. The molecule has 10 heavy (non-hydrogen) atoms. The average Bonchev–Trinajstić information content (AvgIpc) is 2.15. The Morgan fingerprint density at radius 3 is 2.60 bits per heavy atom. The van der Waals surface area contributed by atoms with Gasteiger partial charge in [-0.15, -0.1) is 0 Å². The summed E-state index contributed by atoms with van der Waals surface area (Å²) in [6, 6.07) is 0. The molecule has 0 aliphatic carbocycles. The van der Waals surface area contributed by atoms with Gasteiger partial charge in [0.1, 0.15) is 0 Å². The molecule has 1 fully saturated rings. The van der Waals surface area contributed by atoms with Crippen LogP contribution in [0.5, 0.6) is 0 Å². The second-order valence-electron chi connectivity index (χ2n) is 3.49. The van der Waals surface area contributed by atoms with Crippen molar-refractivity contribution in [3.63, 3.8) is 0 Å². The summed E-state index contributed by atoms with van der Waals surface area (Å²) in [6.45, 7) is 5.63. The third-order valence-corrected chi connectivity index (χ3v) is 1.94. The highest BCUT2D eigenvalue weighted by Gasteiger charge is 2.26. The SMILES string of the molecule is CC(C)C[C@@H]1COC[C@H]1O. The first-order valence-electron chi connectivity index (χ1n) is 3.96. The van der Waals surface area contributed by atoms with Gasteiger partial charge in [-0.3, -0.25) is 0 Å². The number of ether oxygens (including phenoxy) is 1. The summed E-state index contributed by atoms with van der Waals surface area (Å²) >= 11 is 0. The molecule has 0 aromatic carbocycles. The van der Waals surface area contributed by atoms with Gasteiger partial charge in [0.15, 0.2) is 0 Å². The number of rotatable bonds is 2. The molecule has 2 nitrogen and oxygen atoms in total. The first-order chi connectivity index (χ1) is 4.70. The lowest BCUT2D eigenvalue weighted by atomic mass is 9.95. The molecule has 0 unspecified atom stereocenters. The maximum absolute atomic E-state index is 9.31. The minimum Gasteiger partial charge on any atom is -0.390 e. The molecule has 1 N–H and O–H groups in total. The lowest BCUT2D eigenvalue weighted by Gasteiger charge is -2.13. The highest BCUT2D eigenvalue weighted by atomic mass is 16.5. The Morgan fingerprint density at radius 1 is 1.50 bits per heavy atom. The van der Waals surface area contributed by atoms with E-state index in [-0.39, 0.29) is 6.10 Å². The van der Waals surface area contributed by atoms with Crippen molar-refractivity contribution < 1.29 is 9.84 Å². The van der Waals surface area contributed by atoms with Gasteiger partial charge in [-0.25, -0.2) is 0 Å². The number of hydrogen-bond acceptors (Lipinski definition) is 2. The first kappa shape index (κ1) is 8.02. The lowest BCUT2D eigenvalue weighted by molar-refractivity contribution is 0.115. The number of hydrogen-bond donors (Lipinski definition) is 1. The molecule has 0 aromatic heterocycles.